The molecule has 2 N–H and O–H groups in total. The fourth-order valence-electron chi connectivity index (χ4n) is 2.42. The molecule has 2 aromatic rings. The summed E-state index contributed by atoms with van der Waals surface area (Å²) >= 11 is 0. The third kappa shape index (κ3) is 2.64. The van der Waals surface area contributed by atoms with Gasteiger partial charge in [-0.1, -0.05) is 25.0 Å². The molecule has 0 aliphatic rings. The van der Waals surface area contributed by atoms with Crippen LogP contribution in [-0.2, 0) is 13.5 Å². The van der Waals surface area contributed by atoms with E-state index in [1.165, 1.54) is 5.56 Å². The van der Waals surface area contributed by atoms with Crippen LogP contribution in [0.3, 0.4) is 0 Å². The molecule has 0 radical (unpaired) electrons. The van der Waals surface area contributed by atoms with Crippen molar-refractivity contribution in [3.8, 4) is 16.9 Å². The van der Waals surface area contributed by atoms with Gasteiger partial charge in [-0.3, -0.25) is 4.68 Å². The largest absolute Gasteiger partial charge is 0.496 e. The molecule has 0 saturated carbocycles. The molecule has 2 rings (SSSR count). The molecule has 0 saturated heterocycles. The average molecular weight is 273 g/mol. The fraction of sp³-hybridized carbons (Fsp3) is 0.438. The van der Waals surface area contributed by atoms with Crippen LogP contribution in [0, 0.1) is 6.92 Å². The molecule has 0 atom stereocenters. The number of aromatic nitrogens is 2. The Balaban J connectivity index is 2.58. The zero-order chi connectivity index (χ0) is 14.7. The maximum absolute atomic E-state index is 6.23. The Labute approximate surface area is 120 Å². The summed E-state index contributed by atoms with van der Waals surface area (Å²) in [5, 5.41) is 4.57. The maximum atomic E-state index is 6.23. The highest BCUT2D eigenvalue weighted by molar-refractivity contribution is 5.81. The summed E-state index contributed by atoms with van der Waals surface area (Å²) in [7, 11) is 3.57. The Morgan fingerprint density at radius 1 is 1.35 bits per heavy atom. The zero-order valence-corrected chi connectivity index (χ0v) is 12.7. The van der Waals surface area contributed by atoms with E-state index in [0.29, 0.717) is 5.82 Å². The first-order valence-corrected chi connectivity index (χ1v) is 7.04. The monoisotopic (exact) mass is 273 g/mol. The Bertz CT molecular complexity index is 602. The van der Waals surface area contributed by atoms with Crippen molar-refractivity contribution in [2.75, 3.05) is 12.8 Å². The predicted molar refractivity (Wildman–Crippen MR) is 83.0 cm³/mol. The second kappa shape index (κ2) is 5.99. The van der Waals surface area contributed by atoms with Crippen molar-refractivity contribution in [3.05, 3.63) is 29.5 Å². The topological polar surface area (TPSA) is 53.1 Å². The highest BCUT2D eigenvalue weighted by Gasteiger charge is 2.18. The number of nitrogens with two attached hydrogens (primary N) is 1. The molecule has 4 nitrogen and oxygen atoms in total. The predicted octanol–water partition coefficient (Wildman–Crippen LogP) is 3.33. The van der Waals surface area contributed by atoms with Gasteiger partial charge >= 0.3 is 0 Å². The van der Waals surface area contributed by atoms with Crippen LogP contribution in [0.25, 0.3) is 11.1 Å². The van der Waals surface area contributed by atoms with Crippen LogP contribution < -0.4 is 10.5 Å². The Morgan fingerprint density at radius 3 is 2.75 bits per heavy atom. The summed E-state index contributed by atoms with van der Waals surface area (Å²) in [5.41, 5.74) is 10.5. The van der Waals surface area contributed by atoms with Crippen molar-refractivity contribution in [1.29, 1.82) is 0 Å². The van der Waals surface area contributed by atoms with E-state index in [2.05, 4.69) is 25.0 Å². The number of ether oxygens (including phenoxy) is 1. The maximum Gasteiger partial charge on any atom is 0.129 e. The van der Waals surface area contributed by atoms with Crippen LogP contribution in [-0.4, -0.2) is 16.9 Å². The van der Waals surface area contributed by atoms with E-state index >= 15 is 0 Å². The first kappa shape index (κ1) is 14.4. The van der Waals surface area contributed by atoms with E-state index in [0.717, 1.165) is 41.8 Å². The normalized spacial score (nSPS) is 10.8. The van der Waals surface area contributed by atoms with E-state index in [9.17, 15) is 0 Å². The van der Waals surface area contributed by atoms with Gasteiger partial charge in [0.25, 0.3) is 0 Å². The first-order valence-electron chi connectivity index (χ1n) is 7.04. The van der Waals surface area contributed by atoms with E-state index in [-0.39, 0.29) is 0 Å². The van der Waals surface area contributed by atoms with Gasteiger partial charge in [0.1, 0.15) is 11.6 Å². The van der Waals surface area contributed by atoms with Gasteiger partial charge in [-0.05, 0) is 31.9 Å². The molecule has 0 aliphatic heterocycles. The van der Waals surface area contributed by atoms with E-state index in [1.807, 2.05) is 19.2 Å². The van der Waals surface area contributed by atoms with Crippen LogP contribution in [0.15, 0.2) is 18.2 Å². The first-order chi connectivity index (χ1) is 9.58. The molecule has 20 heavy (non-hydrogen) atoms. The molecule has 0 fully saturated rings. The second-order valence-electron chi connectivity index (χ2n) is 5.14. The fourth-order valence-corrected chi connectivity index (χ4v) is 2.42. The lowest BCUT2D eigenvalue weighted by atomic mass is 9.99. The summed E-state index contributed by atoms with van der Waals surface area (Å²) in [5.74, 6) is 1.54. The Morgan fingerprint density at radius 2 is 2.10 bits per heavy atom. The number of unbranched alkanes of at least 4 members (excludes halogenated alkanes) is 1. The smallest absolute Gasteiger partial charge is 0.129 e. The van der Waals surface area contributed by atoms with E-state index in [4.69, 9.17) is 10.5 Å². The Kier molecular flexibility index (Phi) is 4.32. The van der Waals surface area contributed by atoms with Gasteiger partial charge < -0.3 is 10.5 Å². The third-order valence-corrected chi connectivity index (χ3v) is 3.56. The van der Waals surface area contributed by atoms with Gasteiger partial charge in [-0.2, -0.15) is 5.10 Å². The van der Waals surface area contributed by atoms with Gasteiger partial charge in [-0.25, -0.2) is 0 Å². The number of anilines is 1. The number of benzene rings is 1. The van der Waals surface area contributed by atoms with Gasteiger partial charge in [0, 0.05) is 12.6 Å². The summed E-state index contributed by atoms with van der Waals surface area (Å²) in [6, 6.07) is 6.14. The highest BCUT2D eigenvalue weighted by atomic mass is 16.5. The third-order valence-electron chi connectivity index (χ3n) is 3.56. The number of aryl methyl sites for hydroxylation is 3. The van der Waals surface area contributed by atoms with Crippen molar-refractivity contribution < 1.29 is 4.74 Å². The second-order valence-corrected chi connectivity index (χ2v) is 5.14. The molecule has 1 aromatic heterocycles. The van der Waals surface area contributed by atoms with Gasteiger partial charge in [-0.15, -0.1) is 0 Å². The zero-order valence-electron chi connectivity index (χ0n) is 12.7. The van der Waals surface area contributed by atoms with Crippen LogP contribution in [0.4, 0.5) is 5.82 Å². The van der Waals surface area contributed by atoms with E-state index < -0.39 is 0 Å². The molecule has 1 heterocycles. The molecule has 0 unspecified atom stereocenters. The quantitative estimate of drug-likeness (QED) is 0.909. The number of hydrogen-bond donors (Lipinski definition) is 1. The number of nitrogens with zero attached hydrogens (tertiary/aromatic N) is 2. The van der Waals surface area contributed by atoms with Crippen LogP contribution in [0.1, 0.15) is 31.0 Å². The number of nitrogen functional groups attached to an aromatic ring is 1. The lowest BCUT2D eigenvalue weighted by Crippen LogP contribution is -1.98. The van der Waals surface area contributed by atoms with Gasteiger partial charge in [0.2, 0.25) is 0 Å². The number of hydrogen-bond acceptors (Lipinski definition) is 3. The molecule has 0 amide bonds. The molecule has 1 aromatic carbocycles. The minimum Gasteiger partial charge on any atom is -0.496 e. The Hall–Kier alpha value is -1.97. The molecule has 4 heteroatoms. The summed E-state index contributed by atoms with van der Waals surface area (Å²) in [6.45, 7) is 4.25. The van der Waals surface area contributed by atoms with Crippen molar-refractivity contribution in [3.63, 3.8) is 0 Å². The standard InChI is InChI=1S/C16H23N3O/c1-5-6-7-13-15(16(17)19(3)18-13)12-10-11(2)8-9-14(12)20-4/h8-10H,5-7,17H2,1-4H3. The summed E-state index contributed by atoms with van der Waals surface area (Å²) in [6.07, 6.45) is 3.19. The molecule has 0 spiro atoms. The minimum atomic E-state index is 0.694. The molecule has 108 valence electrons. The SMILES string of the molecule is CCCCc1nn(C)c(N)c1-c1cc(C)ccc1OC. The van der Waals surface area contributed by atoms with Crippen LogP contribution >= 0.6 is 0 Å². The van der Waals surface area contributed by atoms with Crippen LogP contribution in [0.5, 0.6) is 5.75 Å². The van der Waals surface area contributed by atoms with Crippen molar-refractivity contribution in [2.45, 2.75) is 33.1 Å². The molecule has 0 aliphatic carbocycles. The molecular weight excluding hydrogens is 250 g/mol. The summed E-state index contributed by atoms with van der Waals surface area (Å²) in [4.78, 5) is 0. The molecular formula is C16H23N3O. The summed E-state index contributed by atoms with van der Waals surface area (Å²) < 4.78 is 7.24. The van der Waals surface area contributed by atoms with Crippen molar-refractivity contribution in [2.24, 2.45) is 7.05 Å². The lowest BCUT2D eigenvalue weighted by Gasteiger charge is -2.11. The van der Waals surface area contributed by atoms with Crippen LogP contribution in [0.2, 0.25) is 0 Å². The van der Waals surface area contributed by atoms with Crippen molar-refractivity contribution >= 4 is 5.82 Å². The molecule has 0 bridgehead atoms. The van der Waals surface area contributed by atoms with Gasteiger partial charge in [0.05, 0.1) is 18.4 Å². The minimum absolute atomic E-state index is 0.694. The number of methoxy groups -OCH3 is 1. The lowest BCUT2D eigenvalue weighted by molar-refractivity contribution is 0.416. The van der Waals surface area contributed by atoms with Gasteiger partial charge in [0.15, 0.2) is 0 Å². The van der Waals surface area contributed by atoms with E-state index in [1.54, 1.807) is 11.8 Å². The van der Waals surface area contributed by atoms with Crippen molar-refractivity contribution in [1.82, 2.24) is 9.78 Å². The average Bonchev–Trinajstić information content (AvgIpc) is 2.71. The number of rotatable bonds is 5. The highest BCUT2D eigenvalue weighted by Crippen LogP contribution is 2.37.